The van der Waals surface area contributed by atoms with Gasteiger partial charge in [-0.3, -0.25) is 0 Å². The number of hydrogen-bond acceptors (Lipinski definition) is 0. The van der Waals surface area contributed by atoms with E-state index in [0.29, 0.717) is 0 Å². The van der Waals surface area contributed by atoms with Crippen molar-refractivity contribution in [2.45, 2.75) is 0 Å². The van der Waals surface area contributed by atoms with Crippen LogP contribution in [0.4, 0.5) is 0 Å². The van der Waals surface area contributed by atoms with Gasteiger partial charge >= 0.3 is 12.0 Å². The van der Waals surface area contributed by atoms with Gasteiger partial charge in [-0.2, -0.15) is 0 Å². The van der Waals surface area contributed by atoms with Crippen molar-refractivity contribution in [1.82, 2.24) is 0 Å². The summed E-state index contributed by atoms with van der Waals surface area (Å²) in [5, 5.41) is 0. The van der Waals surface area contributed by atoms with Gasteiger partial charge < -0.3 is 0 Å². The summed E-state index contributed by atoms with van der Waals surface area (Å²) in [7, 11) is 0. The number of halogens is 1. The highest BCUT2D eigenvalue weighted by Gasteiger charge is 2.11. The summed E-state index contributed by atoms with van der Waals surface area (Å²) in [5.74, 6) is 0.868. The Bertz CT molecular complexity index is 658. The molecule has 3 aromatic rings. The van der Waals surface area contributed by atoms with Gasteiger partial charge in [0, 0.05) is 10.5 Å². The van der Waals surface area contributed by atoms with Gasteiger partial charge in [-0.25, -0.2) is 4.42 Å². The third-order valence-corrected chi connectivity index (χ3v) is 3.49. The van der Waals surface area contributed by atoms with E-state index in [2.05, 4.69) is 34.1 Å². The second-order valence-electron chi connectivity index (χ2n) is 4.26. The van der Waals surface area contributed by atoms with Crippen molar-refractivity contribution >= 4 is 15.9 Å². The lowest BCUT2D eigenvalue weighted by Crippen LogP contribution is -1.80. The van der Waals surface area contributed by atoms with Crippen molar-refractivity contribution in [1.29, 1.82) is 0 Å². The largest absolute Gasteiger partial charge is 0.359 e. The number of rotatable bonds is 2. The van der Waals surface area contributed by atoms with E-state index in [1.807, 2.05) is 48.5 Å². The fourth-order valence-electron chi connectivity index (χ4n) is 1.94. The molecule has 0 N–H and O–H groups in total. The minimum Gasteiger partial charge on any atom is -0.215 e. The topological polar surface area (TPSA) is 11.3 Å². The van der Waals surface area contributed by atoms with Crippen molar-refractivity contribution in [2.75, 3.05) is 0 Å². The Labute approximate surface area is 120 Å². The van der Waals surface area contributed by atoms with Gasteiger partial charge in [0.05, 0.1) is 11.1 Å². The minimum atomic E-state index is 0.868. The van der Waals surface area contributed by atoms with Crippen LogP contribution in [0.25, 0.3) is 22.5 Å². The van der Waals surface area contributed by atoms with Gasteiger partial charge in [0.25, 0.3) is 0 Å². The summed E-state index contributed by atoms with van der Waals surface area (Å²) in [4.78, 5) is 0. The molecule has 1 heterocycles. The average molecular weight is 312 g/mol. The van der Waals surface area contributed by atoms with E-state index in [9.17, 15) is 0 Å². The Hall–Kier alpha value is -1.93. The maximum absolute atomic E-state index is 5.72. The number of benzene rings is 2. The predicted molar refractivity (Wildman–Crippen MR) is 81.7 cm³/mol. The first-order valence-corrected chi connectivity index (χ1v) is 6.85. The minimum absolute atomic E-state index is 0.868. The van der Waals surface area contributed by atoms with E-state index in [0.717, 1.165) is 26.9 Å². The molecule has 1 aromatic heterocycles. The third kappa shape index (κ3) is 2.74. The molecule has 0 amide bonds. The Morgan fingerprint density at radius 3 is 1.95 bits per heavy atom. The first-order valence-electron chi connectivity index (χ1n) is 6.06. The fraction of sp³-hybridized carbons (Fsp3) is 0. The van der Waals surface area contributed by atoms with E-state index in [1.165, 1.54) is 0 Å². The van der Waals surface area contributed by atoms with Gasteiger partial charge in [0.15, 0.2) is 0 Å². The molecule has 0 aliphatic rings. The maximum atomic E-state index is 5.72. The first-order chi connectivity index (χ1) is 9.33. The lowest BCUT2D eigenvalue weighted by molar-refractivity contribution is 0.568. The molecule has 0 radical (unpaired) electrons. The van der Waals surface area contributed by atoms with Crippen LogP contribution in [0, 0.1) is 0 Å². The molecule has 2 heteroatoms. The summed E-state index contributed by atoms with van der Waals surface area (Å²) < 4.78 is 6.79. The Morgan fingerprint density at radius 2 is 1.32 bits per heavy atom. The van der Waals surface area contributed by atoms with Gasteiger partial charge in [-0.05, 0) is 35.9 Å². The van der Waals surface area contributed by atoms with E-state index in [-0.39, 0.29) is 0 Å². The molecule has 1 nitrogen and oxygen atoms in total. The van der Waals surface area contributed by atoms with Crippen molar-refractivity contribution in [2.24, 2.45) is 0 Å². The van der Waals surface area contributed by atoms with Crippen LogP contribution in [0.3, 0.4) is 0 Å². The van der Waals surface area contributed by atoms with Crippen LogP contribution < -0.4 is 0 Å². The van der Waals surface area contributed by atoms with Crippen LogP contribution in [0.5, 0.6) is 0 Å². The van der Waals surface area contributed by atoms with Crippen molar-refractivity contribution in [3.63, 3.8) is 0 Å². The number of hydrogen-bond donors (Lipinski definition) is 0. The maximum Gasteiger partial charge on any atom is 0.359 e. The normalized spacial score (nSPS) is 10.4. The molecule has 0 spiro atoms. The van der Waals surface area contributed by atoms with Crippen LogP contribution in [0.2, 0.25) is 0 Å². The Morgan fingerprint density at radius 1 is 0.632 bits per heavy atom. The molecule has 0 aliphatic carbocycles. The summed E-state index contributed by atoms with van der Waals surface area (Å²) in [5.41, 5.74) is 3.32. The second kappa shape index (κ2) is 5.37. The lowest BCUT2D eigenvalue weighted by Gasteiger charge is -1.96. The Balaban J connectivity index is 1.93. The van der Waals surface area contributed by atoms with Crippen molar-refractivity contribution in [3.05, 3.63) is 77.5 Å². The molecular weight excluding hydrogens is 300 g/mol. The highest BCUT2D eigenvalue weighted by atomic mass is 79.9. The highest BCUT2D eigenvalue weighted by Crippen LogP contribution is 2.25. The van der Waals surface area contributed by atoms with E-state index in [1.54, 1.807) is 6.26 Å². The zero-order valence-electron chi connectivity index (χ0n) is 10.2. The first kappa shape index (κ1) is 12.1. The summed E-state index contributed by atoms with van der Waals surface area (Å²) in [6, 6.07) is 22.4. The quantitative estimate of drug-likeness (QED) is 0.556. The average Bonchev–Trinajstić information content (AvgIpc) is 2.49. The fourth-order valence-corrected chi connectivity index (χ4v) is 2.21. The van der Waals surface area contributed by atoms with E-state index in [4.69, 9.17) is 4.42 Å². The molecule has 0 aliphatic heterocycles. The van der Waals surface area contributed by atoms with Crippen LogP contribution >= 0.6 is 15.9 Å². The molecule has 0 fully saturated rings. The van der Waals surface area contributed by atoms with Gasteiger partial charge in [-0.1, -0.05) is 46.3 Å². The van der Waals surface area contributed by atoms with E-state index >= 15 is 0 Å². The van der Waals surface area contributed by atoms with Gasteiger partial charge in [0.2, 0.25) is 0 Å². The smallest absolute Gasteiger partial charge is 0.215 e. The molecule has 0 saturated heterocycles. The molecule has 0 unspecified atom stereocenters. The highest BCUT2D eigenvalue weighted by molar-refractivity contribution is 9.10. The Kier molecular flexibility index (Phi) is 3.43. The lowest BCUT2D eigenvalue weighted by atomic mass is 10.1. The zero-order chi connectivity index (χ0) is 13.1. The van der Waals surface area contributed by atoms with Crippen LogP contribution in [-0.4, -0.2) is 0 Å². The monoisotopic (exact) mass is 311 g/mol. The van der Waals surface area contributed by atoms with Crippen LogP contribution in [0.15, 0.2) is 81.9 Å². The van der Waals surface area contributed by atoms with Crippen LogP contribution in [-0.2, 0) is 0 Å². The van der Waals surface area contributed by atoms with Crippen molar-refractivity contribution < 1.29 is 4.42 Å². The SMILES string of the molecule is Brc1ccc(-c2ccc(-c3ccccc3)c[o+]2)cc1. The standard InChI is InChI=1S/C17H12BrO/c18-16-9-6-14(7-10-16)17-11-8-15(12-19-17)13-4-2-1-3-5-13/h1-12H/q+1. The summed E-state index contributed by atoms with van der Waals surface area (Å²) in [6.45, 7) is 0. The molecular formula is C17H12BrO+. The van der Waals surface area contributed by atoms with Gasteiger partial charge in [-0.15, -0.1) is 0 Å². The van der Waals surface area contributed by atoms with E-state index < -0.39 is 0 Å². The summed E-state index contributed by atoms with van der Waals surface area (Å²) >= 11 is 3.43. The molecule has 0 atom stereocenters. The third-order valence-electron chi connectivity index (χ3n) is 2.96. The molecule has 92 valence electrons. The molecule has 3 rings (SSSR count). The molecule has 0 saturated carbocycles. The second-order valence-corrected chi connectivity index (χ2v) is 5.18. The predicted octanol–water partition coefficient (Wildman–Crippen LogP) is 5.66. The molecule has 2 aromatic carbocycles. The molecule has 19 heavy (non-hydrogen) atoms. The van der Waals surface area contributed by atoms with Gasteiger partial charge in [0.1, 0.15) is 0 Å². The zero-order valence-corrected chi connectivity index (χ0v) is 11.8. The van der Waals surface area contributed by atoms with Crippen LogP contribution in [0.1, 0.15) is 0 Å². The molecule has 0 bridgehead atoms. The summed E-state index contributed by atoms with van der Waals surface area (Å²) in [6.07, 6.45) is 1.80. The van der Waals surface area contributed by atoms with Crippen molar-refractivity contribution in [3.8, 4) is 22.5 Å².